The summed E-state index contributed by atoms with van der Waals surface area (Å²) in [6.45, 7) is 1.73. The second kappa shape index (κ2) is 9.57. The number of rotatable bonds is 7. The molecule has 4 rings (SSSR count). The molecule has 9 nitrogen and oxygen atoms in total. The SMILES string of the molecule is C/C(N)=C/C(N)=Nc1nc(C(C#N)c2ccc(S(C)=O)cc2)nc(-c2cnn(C)c2)c1C1CC1. The van der Waals surface area contributed by atoms with Crippen LogP contribution in [0, 0.1) is 11.3 Å². The molecule has 0 saturated heterocycles. The number of hydrogen-bond donors (Lipinski definition) is 2. The predicted octanol–water partition coefficient (Wildman–Crippen LogP) is 3.00. The fourth-order valence-corrected chi connectivity index (χ4v) is 4.24. The summed E-state index contributed by atoms with van der Waals surface area (Å²) in [6, 6.07) is 9.38. The molecule has 2 aromatic heterocycles. The van der Waals surface area contributed by atoms with Crippen molar-refractivity contribution in [3.8, 4) is 17.3 Å². The largest absolute Gasteiger partial charge is 0.402 e. The lowest BCUT2D eigenvalue weighted by atomic mass is 9.98. The van der Waals surface area contributed by atoms with Gasteiger partial charge in [-0.1, -0.05) is 12.1 Å². The quantitative estimate of drug-likeness (QED) is 0.395. The van der Waals surface area contributed by atoms with Gasteiger partial charge in [0, 0.05) is 52.0 Å². The minimum atomic E-state index is -1.11. The Hall–Kier alpha value is -3.84. The molecule has 1 fully saturated rings. The highest BCUT2D eigenvalue weighted by Crippen LogP contribution is 2.48. The minimum absolute atomic E-state index is 0.229. The maximum Gasteiger partial charge on any atom is 0.162 e. The zero-order valence-electron chi connectivity index (χ0n) is 19.3. The van der Waals surface area contributed by atoms with Crippen molar-refractivity contribution >= 4 is 22.5 Å². The summed E-state index contributed by atoms with van der Waals surface area (Å²) in [5.41, 5.74) is 15.6. The topological polar surface area (TPSA) is 149 Å². The first-order chi connectivity index (χ1) is 16.3. The Kier molecular flexibility index (Phi) is 6.56. The van der Waals surface area contributed by atoms with Gasteiger partial charge in [-0.2, -0.15) is 10.4 Å². The van der Waals surface area contributed by atoms with Gasteiger partial charge in [-0.25, -0.2) is 15.0 Å². The molecule has 1 aliphatic rings. The van der Waals surface area contributed by atoms with Crippen LogP contribution < -0.4 is 11.5 Å². The molecule has 34 heavy (non-hydrogen) atoms. The van der Waals surface area contributed by atoms with E-state index in [9.17, 15) is 9.47 Å². The number of benzene rings is 1. The number of aromatic nitrogens is 4. The average Bonchev–Trinajstić information content (AvgIpc) is 3.53. The van der Waals surface area contributed by atoms with Crippen molar-refractivity contribution in [1.82, 2.24) is 19.7 Å². The lowest BCUT2D eigenvalue weighted by Gasteiger charge is -2.15. The normalized spacial score (nSPS) is 16.2. The van der Waals surface area contributed by atoms with Crippen molar-refractivity contribution < 1.29 is 4.21 Å². The Morgan fingerprint density at radius 3 is 2.53 bits per heavy atom. The number of nitrogens with zero attached hydrogens (tertiary/aromatic N) is 6. The number of aliphatic imine (C=N–C) groups is 1. The Balaban J connectivity index is 1.92. The monoisotopic (exact) mass is 474 g/mol. The molecule has 3 aromatic rings. The summed E-state index contributed by atoms with van der Waals surface area (Å²) < 4.78 is 13.5. The fourth-order valence-electron chi connectivity index (χ4n) is 3.72. The number of amidine groups is 1. The molecule has 2 unspecified atom stereocenters. The molecule has 0 bridgehead atoms. The second-order valence-electron chi connectivity index (χ2n) is 8.35. The minimum Gasteiger partial charge on any atom is -0.402 e. The fraction of sp³-hybridized carbons (Fsp3) is 0.292. The third kappa shape index (κ3) is 5.05. The van der Waals surface area contributed by atoms with Gasteiger partial charge < -0.3 is 11.5 Å². The molecular weight excluding hydrogens is 448 g/mol. The van der Waals surface area contributed by atoms with E-state index in [0.29, 0.717) is 33.5 Å². The molecule has 0 radical (unpaired) electrons. The third-order valence-corrected chi connectivity index (χ3v) is 6.39. The Labute approximate surface area is 200 Å². The first kappa shape index (κ1) is 23.3. The molecule has 0 spiro atoms. The van der Waals surface area contributed by atoms with E-state index in [0.717, 1.165) is 24.0 Å². The van der Waals surface area contributed by atoms with Gasteiger partial charge in [-0.05, 0) is 49.5 Å². The van der Waals surface area contributed by atoms with Gasteiger partial charge in [0.1, 0.15) is 11.8 Å². The van der Waals surface area contributed by atoms with Crippen LogP contribution in [-0.4, -0.2) is 36.0 Å². The van der Waals surface area contributed by atoms with Crippen LogP contribution in [0.4, 0.5) is 5.82 Å². The number of aryl methyl sites for hydroxylation is 1. The summed E-state index contributed by atoms with van der Waals surface area (Å²) in [5.74, 6) is 0.499. The van der Waals surface area contributed by atoms with E-state index in [1.165, 1.54) is 0 Å². The van der Waals surface area contributed by atoms with Gasteiger partial charge >= 0.3 is 0 Å². The van der Waals surface area contributed by atoms with Crippen molar-refractivity contribution in [2.75, 3.05) is 6.26 Å². The van der Waals surface area contributed by atoms with Crippen LogP contribution in [0.25, 0.3) is 11.3 Å². The maximum atomic E-state index is 11.8. The lowest BCUT2D eigenvalue weighted by molar-refractivity contribution is 0.686. The molecule has 0 aliphatic heterocycles. The predicted molar refractivity (Wildman–Crippen MR) is 132 cm³/mol. The van der Waals surface area contributed by atoms with Crippen molar-refractivity contribution in [2.24, 2.45) is 23.5 Å². The molecule has 4 N–H and O–H groups in total. The van der Waals surface area contributed by atoms with Gasteiger partial charge in [-0.15, -0.1) is 0 Å². The second-order valence-corrected chi connectivity index (χ2v) is 9.73. The van der Waals surface area contributed by atoms with Crippen LogP contribution in [0.5, 0.6) is 0 Å². The van der Waals surface area contributed by atoms with E-state index in [1.54, 1.807) is 54.4 Å². The van der Waals surface area contributed by atoms with E-state index >= 15 is 0 Å². The van der Waals surface area contributed by atoms with Crippen LogP contribution in [0.1, 0.15) is 48.6 Å². The maximum absolute atomic E-state index is 11.8. The number of allylic oxidation sites excluding steroid dienone is 1. The molecule has 1 saturated carbocycles. The van der Waals surface area contributed by atoms with Gasteiger partial charge in [0.15, 0.2) is 11.6 Å². The lowest BCUT2D eigenvalue weighted by Crippen LogP contribution is -2.12. The molecule has 174 valence electrons. The van der Waals surface area contributed by atoms with Gasteiger partial charge in [0.05, 0.1) is 18.0 Å². The zero-order valence-corrected chi connectivity index (χ0v) is 20.1. The molecule has 2 heterocycles. The van der Waals surface area contributed by atoms with E-state index in [-0.39, 0.29) is 11.8 Å². The highest BCUT2D eigenvalue weighted by Gasteiger charge is 2.33. The van der Waals surface area contributed by atoms with Crippen LogP contribution in [0.15, 0.2) is 58.3 Å². The summed E-state index contributed by atoms with van der Waals surface area (Å²) >= 11 is 0. The molecular formula is C24H26N8OS. The molecule has 10 heteroatoms. The van der Waals surface area contributed by atoms with Crippen molar-refractivity contribution in [1.29, 1.82) is 5.26 Å². The van der Waals surface area contributed by atoms with E-state index in [1.807, 2.05) is 13.2 Å². The number of nitriles is 1. The average molecular weight is 475 g/mol. The van der Waals surface area contributed by atoms with Crippen molar-refractivity contribution in [2.45, 2.75) is 36.5 Å². The molecule has 0 amide bonds. The van der Waals surface area contributed by atoms with E-state index in [4.69, 9.17) is 21.4 Å². The Morgan fingerprint density at radius 2 is 2.00 bits per heavy atom. The summed E-state index contributed by atoms with van der Waals surface area (Å²) in [6.07, 6.45) is 8.82. The first-order valence-electron chi connectivity index (χ1n) is 10.8. The van der Waals surface area contributed by atoms with Gasteiger partial charge in [0.2, 0.25) is 0 Å². The Morgan fingerprint density at radius 1 is 1.29 bits per heavy atom. The molecule has 1 aromatic carbocycles. The highest BCUT2D eigenvalue weighted by molar-refractivity contribution is 7.84. The summed E-state index contributed by atoms with van der Waals surface area (Å²) in [5, 5.41) is 14.4. The smallest absolute Gasteiger partial charge is 0.162 e. The van der Waals surface area contributed by atoms with Crippen molar-refractivity contribution in [3.05, 3.63) is 65.4 Å². The van der Waals surface area contributed by atoms with Gasteiger partial charge in [0.25, 0.3) is 0 Å². The number of nitrogens with two attached hydrogens (primary N) is 2. The van der Waals surface area contributed by atoms with Crippen LogP contribution in [-0.2, 0) is 17.8 Å². The summed E-state index contributed by atoms with van der Waals surface area (Å²) in [4.78, 5) is 14.8. The van der Waals surface area contributed by atoms with E-state index in [2.05, 4.69) is 16.2 Å². The number of hydrogen-bond acceptors (Lipinski definition) is 7. The van der Waals surface area contributed by atoms with Crippen LogP contribution in [0.3, 0.4) is 0 Å². The molecule has 1 aliphatic carbocycles. The third-order valence-electron chi connectivity index (χ3n) is 5.45. The van der Waals surface area contributed by atoms with E-state index < -0.39 is 16.7 Å². The van der Waals surface area contributed by atoms with Gasteiger partial charge in [-0.3, -0.25) is 8.89 Å². The first-order valence-corrected chi connectivity index (χ1v) is 12.3. The highest BCUT2D eigenvalue weighted by atomic mass is 32.2. The van der Waals surface area contributed by atoms with Crippen molar-refractivity contribution in [3.63, 3.8) is 0 Å². The Bertz CT molecular complexity index is 1340. The molecule has 2 atom stereocenters. The summed E-state index contributed by atoms with van der Waals surface area (Å²) in [7, 11) is 0.728. The van der Waals surface area contributed by atoms with Crippen LogP contribution >= 0.6 is 0 Å². The standard InChI is InChI=1S/C24H26N8OS/c1-14(26)10-20(27)29-24-21(16-4-5-16)22(17-12-28-32(2)13-17)30-23(31-24)19(11-25)15-6-8-18(9-7-15)34(3)33/h6-10,12-13,16,19H,4-5,26H2,1-3H3,(H2,27,29,30,31)/b14-10-. The van der Waals surface area contributed by atoms with Crippen LogP contribution in [0.2, 0.25) is 0 Å². The zero-order chi connectivity index (χ0) is 24.4.